The van der Waals surface area contributed by atoms with E-state index in [0.717, 1.165) is 17.9 Å². The maximum absolute atomic E-state index is 11.1. The highest BCUT2D eigenvalue weighted by molar-refractivity contribution is 5.79. The summed E-state index contributed by atoms with van der Waals surface area (Å²) in [6.45, 7) is 1.41. The van der Waals surface area contributed by atoms with Crippen LogP contribution in [0.25, 0.3) is 10.9 Å². The number of rotatable bonds is 7. The van der Waals surface area contributed by atoms with Gasteiger partial charge in [0.25, 0.3) is 0 Å². The summed E-state index contributed by atoms with van der Waals surface area (Å²) in [6.07, 6.45) is 3.17. The number of carbonyl (C=O) groups is 1. The normalized spacial score (nSPS) is 10.7. The van der Waals surface area contributed by atoms with Crippen molar-refractivity contribution >= 4 is 16.9 Å². The van der Waals surface area contributed by atoms with Gasteiger partial charge in [0.2, 0.25) is 0 Å². The average molecular weight is 323 g/mol. The Labute approximate surface area is 141 Å². The summed E-state index contributed by atoms with van der Waals surface area (Å²) in [5.41, 5.74) is 2.32. The molecule has 3 aromatic rings. The smallest absolute Gasteiger partial charge is 0.305 e. The van der Waals surface area contributed by atoms with Gasteiger partial charge in [-0.2, -0.15) is 0 Å². The topological polar surface area (TPSA) is 40.5 Å². The maximum Gasteiger partial charge on any atom is 0.305 e. The molecule has 0 aliphatic carbocycles. The lowest BCUT2D eigenvalue weighted by Crippen LogP contribution is -2.07. The Morgan fingerprint density at radius 3 is 2.62 bits per heavy atom. The predicted octanol–water partition coefficient (Wildman–Crippen LogP) is 3.83. The van der Waals surface area contributed by atoms with Gasteiger partial charge in [-0.15, -0.1) is 0 Å². The van der Waals surface area contributed by atoms with Crippen LogP contribution in [0, 0.1) is 0 Å². The molecule has 124 valence electrons. The standard InChI is InChI=1S/C20H21NO3/c1-23-20(22)11-8-16-6-9-18(10-7-16)24-15-14-21-13-12-17-4-2-3-5-19(17)21/h2-7,9-10,12-13H,8,11,14-15H2,1H3. The van der Waals surface area contributed by atoms with Crippen molar-refractivity contribution < 1.29 is 14.3 Å². The Bertz CT molecular complexity index is 805. The Morgan fingerprint density at radius 1 is 1.04 bits per heavy atom. The van der Waals surface area contributed by atoms with Crippen LogP contribution in [0.3, 0.4) is 0 Å². The predicted molar refractivity (Wildman–Crippen MR) is 94.2 cm³/mol. The van der Waals surface area contributed by atoms with Gasteiger partial charge in [-0.25, -0.2) is 0 Å². The molecule has 0 fully saturated rings. The zero-order valence-corrected chi connectivity index (χ0v) is 13.8. The van der Waals surface area contributed by atoms with Gasteiger partial charge < -0.3 is 14.0 Å². The summed E-state index contributed by atoms with van der Waals surface area (Å²) in [5.74, 6) is 0.655. The molecule has 4 heteroatoms. The summed E-state index contributed by atoms with van der Waals surface area (Å²) >= 11 is 0. The molecule has 0 N–H and O–H groups in total. The fourth-order valence-electron chi connectivity index (χ4n) is 2.70. The van der Waals surface area contributed by atoms with Crippen molar-refractivity contribution in [2.75, 3.05) is 13.7 Å². The van der Waals surface area contributed by atoms with E-state index in [9.17, 15) is 4.79 Å². The minimum absolute atomic E-state index is 0.186. The Morgan fingerprint density at radius 2 is 1.83 bits per heavy atom. The number of benzene rings is 2. The lowest BCUT2D eigenvalue weighted by molar-refractivity contribution is -0.140. The quantitative estimate of drug-likeness (QED) is 0.621. The van der Waals surface area contributed by atoms with Crippen molar-refractivity contribution in [2.24, 2.45) is 0 Å². The van der Waals surface area contributed by atoms with E-state index in [2.05, 4.69) is 33.7 Å². The summed E-state index contributed by atoms with van der Waals surface area (Å²) in [7, 11) is 1.41. The molecule has 3 rings (SSSR count). The second kappa shape index (κ2) is 7.68. The van der Waals surface area contributed by atoms with Crippen LogP contribution in [-0.4, -0.2) is 24.3 Å². The third kappa shape index (κ3) is 3.96. The van der Waals surface area contributed by atoms with Gasteiger partial charge in [0.1, 0.15) is 12.4 Å². The van der Waals surface area contributed by atoms with Crippen LogP contribution in [-0.2, 0) is 22.5 Å². The number of carbonyl (C=O) groups excluding carboxylic acids is 1. The molecule has 1 heterocycles. The number of nitrogens with zero attached hydrogens (tertiary/aromatic N) is 1. The molecule has 0 atom stereocenters. The Kier molecular flexibility index (Phi) is 5.16. The molecule has 24 heavy (non-hydrogen) atoms. The molecule has 0 saturated heterocycles. The fraction of sp³-hybridized carbons (Fsp3) is 0.250. The molecular formula is C20H21NO3. The first-order valence-corrected chi connectivity index (χ1v) is 8.09. The first-order valence-electron chi connectivity index (χ1n) is 8.09. The molecule has 0 unspecified atom stereocenters. The zero-order chi connectivity index (χ0) is 16.8. The monoisotopic (exact) mass is 323 g/mol. The minimum atomic E-state index is -0.186. The molecule has 0 amide bonds. The van der Waals surface area contributed by atoms with E-state index in [1.165, 1.54) is 18.0 Å². The Hall–Kier alpha value is -2.75. The molecule has 0 spiro atoms. The number of para-hydroxylation sites is 1. The first kappa shape index (κ1) is 16.1. The summed E-state index contributed by atoms with van der Waals surface area (Å²) in [4.78, 5) is 11.1. The van der Waals surface area contributed by atoms with Crippen LogP contribution >= 0.6 is 0 Å². The number of aromatic nitrogens is 1. The number of methoxy groups -OCH3 is 1. The molecule has 4 nitrogen and oxygen atoms in total. The second-order valence-electron chi connectivity index (χ2n) is 5.64. The third-order valence-electron chi connectivity index (χ3n) is 4.05. The van der Waals surface area contributed by atoms with Gasteiger partial charge in [-0.05, 0) is 41.6 Å². The number of aryl methyl sites for hydroxylation is 1. The summed E-state index contributed by atoms with van der Waals surface area (Å²) < 4.78 is 12.7. The number of hydrogen-bond donors (Lipinski definition) is 0. The van der Waals surface area contributed by atoms with Crippen molar-refractivity contribution in [3.8, 4) is 5.75 Å². The van der Waals surface area contributed by atoms with E-state index < -0.39 is 0 Å². The van der Waals surface area contributed by atoms with Gasteiger partial charge >= 0.3 is 5.97 Å². The van der Waals surface area contributed by atoms with Crippen molar-refractivity contribution in [1.29, 1.82) is 0 Å². The number of ether oxygens (including phenoxy) is 2. The lowest BCUT2D eigenvalue weighted by atomic mass is 10.1. The van der Waals surface area contributed by atoms with Gasteiger partial charge in [-0.1, -0.05) is 30.3 Å². The molecule has 0 aliphatic rings. The first-order chi connectivity index (χ1) is 11.8. The zero-order valence-electron chi connectivity index (χ0n) is 13.8. The van der Waals surface area contributed by atoms with E-state index in [0.29, 0.717) is 19.4 Å². The van der Waals surface area contributed by atoms with Crippen molar-refractivity contribution in [2.45, 2.75) is 19.4 Å². The molecule has 0 saturated carbocycles. The van der Waals surface area contributed by atoms with Crippen LogP contribution in [0.1, 0.15) is 12.0 Å². The van der Waals surface area contributed by atoms with E-state index in [-0.39, 0.29) is 5.97 Å². The molecule has 1 aromatic heterocycles. The van der Waals surface area contributed by atoms with Crippen LogP contribution in [0.2, 0.25) is 0 Å². The molecule has 0 bridgehead atoms. The van der Waals surface area contributed by atoms with Crippen LogP contribution < -0.4 is 4.74 Å². The van der Waals surface area contributed by atoms with Gasteiger partial charge in [0.15, 0.2) is 0 Å². The highest BCUT2D eigenvalue weighted by Gasteiger charge is 2.03. The number of hydrogen-bond acceptors (Lipinski definition) is 3. The van der Waals surface area contributed by atoms with Crippen molar-refractivity contribution in [3.05, 3.63) is 66.4 Å². The second-order valence-corrected chi connectivity index (χ2v) is 5.64. The van der Waals surface area contributed by atoms with E-state index in [1.807, 2.05) is 36.4 Å². The average Bonchev–Trinajstić information content (AvgIpc) is 3.04. The van der Waals surface area contributed by atoms with Crippen LogP contribution in [0.4, 0.5) is 0 Å². The molecular weight excluding hydrogens is 302 g/mol. The fourth-order valence-corrected chi connectivity index (χ4v) is 2.70. The van der Waals surface area contributed by atoms with Gasteiger partial charge in [0, 0.05) is 18.1 Å². The largest absolute Gasteiger partial charge is 0.492 e. The Balaban J connectivity index is 1.51. The van der Waals surface area contributed by atoms with E-state index >= 15 is 0 Å². The van der Waals surface area contributed by atoms with Crippen molar-refractivity contribution in [3.63, 3.8) is 0 Å². The third-order valence-corrected chi connectivity index (χ3v) is 4.05. The molecule has 0 radical (unpaired) electrons. The van der Waals surface area contributed by atoms with Crippen LogP contribution in [0.15, 0.2) is 60.8 Å². The lowest BCUT2D eigenvalue weighted by Gasteiger charge is -2.09. The minimum Gasteiger partial charge on any atom is -0.492 e. The van der Waals surface area contributed by atoms with E-state index in [1.54, 1.807) is 0 Å². The maximum atomic E-state index is 11.1. The number of esters is 1. The van der Waals surface area contributed by atoms with Gasteiger partial charge in [-0.3, -0.25) is 4.79 Å². The summed E-state index contributed by atoms with van der Waals surface area (Å²) in [6, 6.07) is 18.3. The summed E-state index contributed by atoms with van der Waals surface area (Å²) in [5, 5.41) is 1.24. The van der Waals surface area contributed by atoms with Crippen molar-refractivity contribution in [1.82, 2.24) is 4.57 Å². The molecule has 0 aliphatic heterocycles. The van der Waals surface area contributed by atoms with Crippen LogP contribution in [0.5, 0.6) is 5.75 Å². The SMILES string of the molecule is COC(=O)CCc1ccc(OCCn2ccc3ccccc32)cc1. The highest BCUT2D eigenvalue weighted by Crippen LogP contribution is 2.16. The molecule has 2 aromatic carbocycles. The highest BCUT2D eigenvalue weighted by atomic mass is 16.5. The van der Waals surface area contributed by atoms with E-state index in [4.69, 9.17) is 4.74 Å². The number of fused-ring (bicyclic) bond motifs is 1. The van der Waals surface area contributed by atoms with Gasteiger partial charge in [0.05, 0.1) is 13.7 Å².